The van der Waals surface area contributed by atoms with Crippen molar-refractivity contribution in [2.75, 3.05) is 20.6 Å². The molecule has 6 heteroatoms. The fourth-order valence-corrected chi connectivity index (χ4v) is 2.82. The van der Waals surface area contributed by atoms with Crippen LogP contribution in [0.15, 0.2) is 36.8 Å². The highest BCUT2D eigenvalue weighted by atomic mass is 16.1. The second kappa shape index (κ2) is 7.53. The number of rotatable bonds is 7. The van der Waals surface area contributed by atoms with E-state index in [1.54, 1.807) is 12.4 Å². The summed E-state index contributed by atoms with van der Waals surface area (Å²) in [4.78, 5) is 22.9. The van der Waals surface area contributed by atoms with E-state index in [2.05, 4.69) is 20.0 Å². The minimum atomic E-state index is 0.228. The van der Waals surface area contributed by atoms with Gasteiger partial charge in [-0.05, 0) is 52.2 Å². The fraction of sp³-hybridized carbons (Fsp3) is 0.368. The smallest absolute Gasteiger partial charge is 0.138 e. The van der Waals surface area contributed by atoms with Crippen LogP contribution in [0.25, 0.3) is 16.6 Å². The Morgan fingerprint density at radius 1 is 1.20 bits per heavy atom. The lowest BCUT2D eigenvalue weighted by Crippen LogP contribution is -2.15. The quantitative estimate of drug-likeness (QED) is 0.663. The lowest BCUT2D eigenvalue weighted by atomic mass is 10.1. The summed E-state index contributed by atoms with van der Waals surface area (Å²) in [6.07, 6.45) is 7.23. The number of carbonyl (C=O) groups excluding carboxylic acids is 1. The van der Waals surface area contributed by atoms with Crippen molar-refractivity contribution in [2.45, 2.75) is 26.2 Å². The average molecular weight is 337 g/mol. The second-order valence-corrected chi connectivity index (χ2v) is 6.57. The number of pyridine rings is 2. The Balaban J connectivity index is 1.75. The van der Waals surface area contributed by atoms with Gasteiger partial charge in [-0.3, -0.25) is 14.8 Å². The molecule has 0 aliphatic rings. The predicted molar refractivity (Wildman–Crippen MR) is 97.9 cm³/mol. The normalized spacial score (nSPS) is 11.4. The number of fused-ring (bicyclic) bond motifs is 1. The predicted octanol–water partition coefficient (Wildman–Crippen LogP) is 2.58. The number of hydrogen-bond donors (Lipinski definition) is 0. The Labute approximate surface area is 147 Å². The Hall–Kier alpha value is -2.60. The van der Waals surface area contributed by atoms with Crippen molar-refractivity contribution in [2.24, 2.45) is 0 Å². The zero-order chi connectivity index (χ0) is 17.8. The summed E-state index contributed by atoms with van der Waals surface area (Å²) >= 11 is 0. The maximum atomic E-state index is 12.1. The molecular formula is C19H23N5O. The molecule has 0 aromatic carbocycles. The first kappa shape index (κ1) is 17.2. The SMILES string of the molecule is Cc1cc(-n2ncc3cc(CC(=O)CCCN(C)C)ncc32)ccn1. The molecule has 0 bridgehead atoms. The third-order valence-electron chi connectivity index (χ3n) is 4.08. The molecule has 3 aromatic heterocycles. The lowest BCUT2D eigenvalue weighted by Gasteiger charge is -2.08. The molecule has 3 rings (SSSR count). The van der Waals surface area contributed by atoms with E-state index in [9.17, 15) is 4.79 Å². The summed E-state index contributed by atoms with van der Waals surface area (Å²) in [5.41, 5.74) is 3.62. The van der Waals surface area contributed by atoms with Crippen LogP contribution in [0.5, 0.6) is 0 Å². The fourth-order valence-electron chi connectivity index (χ4n) is 2.82. The molecule has 0 aliphatic heterocycles. The van der Waals surface area contributed by atoms with Gasteiger partial charge in [-0.1, -0.05) is 0 Å². The van der Waals surface area contributed by atoms with Gasteiger partial charge in [0.05, 0.1) is 23.6 Å². The molecule has 0 unspecified atom stereocenters. The van der Waals surface area contributed by atoms with Crippen LogP contribution in [-0.2, 0) is 11.2 Å². The largest absolute Gasteiger partial charge is 0.309 e. The second-order valence-electron chi connectivity index (χ2n) is 6.57. The van der Waals surface area contributed by atoms with Crippen LogP contribution in [0.2, 0.25) is 0 Å². The summed E-state index contributed by atoms with van der Waals surface area (Å²) in [6, 6.07) is 5.85. The molecule has 0 aliphatic carbocycles. The van der Waals surface area contributed by atoms with E-state index in [0.29, 0.717) is 12.8 Å². The van der Waals surface area contributed by atoms with Crippen LogP contribution in [0.1, 0.15) is 24.2 Å². The van der Waals surface area contributed by atoms with Gasteiger partial charge in [0.1, 0.15) is 5.78 Å². The van der Waals surface area contributed by atoms with Crippen LogP contribution in [0.3, 0.4) is 0 Å². The Morgan fingerprint density at radius 2 is 2.04 bits per heavy atom. The number of carbonyl (C=O) groups is 1. The van der Waals surface area contributed by atoms with Crippen LogP contribution < -0.4 is 0 Å². The number of Topliss-reactive ketones (excluding diaryl/α,β-unsaturated/α-hetero) is 1. The molecule has 0 spiro atoms. The monoisotopic (exact) mass is 337 g/mol. The first-order valence-corrected chi connectivity index (χ1v) is 8.45. The van der Waals surface area contributed by atoms with E-state index in [1.165, 1.54) is 0 Å². The Morgan fingerprint density at radius 3 is 2.80 bits per heavy atom. The summed E-state index contributed by atoms with van der Waals surface area (Å²) in [7, 11) is 4.03. The molecule has 3 heterocycles. The first-order chi connectivity index (χ1) is 12.0. The van der Waals surface area contributed by atoms with Gasteiger partial charge in [0.15, 0.2) is 0 Å². The molecule has 6 nitrogen and oxygen atoms in total. The summed E-state index contributed by atoms with van der Waals surface area (Å²) in [5.74, 6) is 0.228. The van der Waals surface area contributed by atoms with Gasteiger partial charge in [-0.25, -0.2) is 4.68 Å². The number of nitrogens with zero attached hydrogens (tertiary/aromatic N) is 5. The molecule has 0 radical (unpaired) electrons. The van der Waals surface area contributed by atoms with Crippen LogP contribution in [0.4, 0.5) is 0 Å². The number of hydrogen-bond acceptors (Lipinski definition) is 5. The van der Waals surface area contributed by atoms with Crippen molar-refractivity contribution in [3.8, 4) is 5.69 Å². The van der Waals surface area contributed by atoms with Crippen LogP contribution >= 0.6 is 0 Å². The Bertz CT molecular complexity index is 884. The number of aromatic nitrogens is 4. The van der Waals surface area contributed by atoms with Gasteiger partial charge in [0, 0.05) is 35.8 Å². The van der Waals surface area contributed by atoms with Gasteiger partial charge in [0.25, 0.3) is 0 Å². The molecule has 0 N–H and O–H groups in total. The third-order valence-corrected chi connectivity index (χ3v) is 4.08. The summed E-state index contributed by atoms with van der Waals surface area (Å²) < 4.78 is 1.85. The van der Waals surface area contributed by atoms with E-state index in [4.69, 9.17) is 0 Å². The molecule has 0 saturated heterocycles. The molecule has 0 saturated carbocycles. The standard InChI is InChI=1S/C19H23N5O/c1-14-9-17(6-7-20-14)24-19-13-21-16(10-15(19)12-22-24)11-18(25)5-4-8-23(2)3/h6-7,9-10,12-13H,4-5,8,11H2,1-3H3. The van der Waals surface area contributed by atoms with Crippen molar-refractivity contribution < 1.29 is 4.79 Å². The topological polar surface area (TPSA) is 63.9 Å². The van der Waals surface area contributed by atoms with Gasteiger partial charge in [-0.15, -0.1) is 0 Å². The molecule has 0 fully saturated rings. The minimum absolute atomic E-state index is 0.228. The molecule has 130 valence electrons. The van der Waals surface area contributed by atoms with Crippen molar-refractivity contribution in [1.82, 2.24) is 24.6 Å². The van der Waals surface area contributed by atoms with E-state index in [-0.39, 0.29) is 5.78 Å². The van der Waals surface area contributed by atoms with Crippen LogP contribution in [0, 0.1) is 6.92 Å². The summed E-state index contributed by atoms with van der Waals surface area (Å²) in [5, 5.41) is 5.44. The Kier molecular flexibility index (Phi) is 5.19. The zero-order valence-electron chi connectivity index (χ0n) is 14.9. The minimum Gasteiger partial charge on any atom is -0.309 e. The van der Waals surface area contributed by atoms with Crippen LogP contribution in [-0.4, -0.2) is 51.1 Å². The third kappa shape index (κ3) is 4.28. The number of ketones is 1. The highest BCUT2D eigenvalue weighted by Gasteiger charge is 2.10. The zero-order valence-corrected chi connectivity index (χ0v) is 14.9. The highest BCUT2D eigenvalue weighted by Crippen LogP contribution is 2.19. The first-order valence-electron chi connectivity index (χ1n) is 8.45. The van der Waals surface area contributed by atoms with Gasteiger partial charge in [0.2, 0.25) is 0 Å². The van der Waals surface area contributed by atoms with E-state index >= 15 is 0 Å². The average Bonchev–Trinajstić information content (AvgIpc) is 2.97. The maximum Gasteiger partial charge on any atom is 0.138 e. The van der Waals surface area contributed by atoms with E-state index < -0.39 is 0 Å². The van der Waals surface area contributed by atoms with E-state index in [0.717, 1.165) is 40.9 Å². The highest BCUT2D eigenvalue weighted by molar-refractivity contribution is 5.83. The summed E-state index contributed by atoms with van der Waals surface area (Å²) in [6.45, 7) is 2.88. The molecule has 3 aromatic rings. The molecule has 0 amide bonds. The lowest BCUT2D eigenvalue weighted by molar-refractivity contribution is -0.118. The number of aryl methyl sites for hydroxylation is 1. The molecule has 25 heavy (non-hydrogen) atoms. The van der Waals surface area contributed by atoms with E-state index in [1.807, 2.05) is 50.1 Å². The maximum absolute atomic E-state index is 12.1. The van der Waals surface area contributed by atoms with Gasteiger partial charge >= 0.3 is 0 Å². The molecule has 0 atom stereocenters. The van der Waals surface area contributed by atoms with Gasteiger partial charge in [-0.2, -0.15) is 5.10 Å². The van der Waals surface area contributed by atoms with Gasteiger partial charge < -0.3 is 4.90 Å². The van der Waals surface area contributed by atoms with Crippen molar-refractivity contribution in [3.63, 3.8) is 0 Å². The van der Waals surface area contributed by atoms with Crippen molar-refractivity contribution >= 4 is 16.7 Å². The van der Waals surface area contributed by atoms with Crippen molar-refractivity contribution in [1.29, 1.82) is 0 Å². The van der Waals surface area contributed by atoms with Crippen molar-refractivity contribution in [3.05, 3.63) is 48.2 Å². The molecular weight excluding hydrogens is 314 g/mol.